The lowest BCUT2D eigenvalue weighted by atomic mass is 10.4. The number of aliphatic hydroxyl groups excluding tert-OH is 1. The number of nitrogens with zero attached hydrogens (tertiary/aromatic N) is 1. The Balaban J connectivity index is 2.83. The molecule has 0 spiro atoms. The Morgan fingerprint density at radius 1 is 1.64 bits per heavy atom. The van der Waals surface area contributed by atoms with Gasteiger partial charge < -0.3 is 5.11 Å². The van der Waals surface area contributed by atoms with Gasteiger partial charge in [-0.2, -0.15) is 17.4 Å². The first-order chi connectivity index (χ1) is 4.93. The molecule has 5 nitrogen and oxygen atoms in total. The van der Waals surface area contributed by atoms with E-state index < -0.39 is 16.4 Å². The van der Waals surface area contributed by atoms with Crippen LogP contribution in [-0.2, 0) is 10.2 Å². The third-order valence-electron chi connectivity index (χ3n) is 1.52. The van der Waals surface area contributed by atoms with Gasteiger partial charge in [-0.1, -0.05) is 0 Å². The van der Waals surface area contributed by atoms with Gasteiger partial charge in [0.1, 0.15) is 6.23 Å². The first kappa shape index (κ1) is 8.92. The molecule has 1 unspecified atom stereocenters. The maximum atomic E-state index is 11.1. The Kier molecular flexibility index (Phi) is 2.19. The highest BCUT2D eigenvalue weighted by atomic mass is 32.2. The summed E-state index contributed by atoms with van der Waals surface area (Å²) in [6, 6.07) is -0.107. The summed E-state index contributed by atoms with van der Waals surface area (Å²) in [5, 5.41) is 8.95. The molecule has 66 valence electrons. The maximum Gasteiger partial charge on any atom is 0.282 e. The van der Waals surface area contributed by atoms with Crippen molar-refractivity contribution < 1.29 is 13.5 Å². The summed E-state index contributed by atoms with van der Waals surface area (Å²) in [5.74, 6) is 0. The van der Waals surface area contributed by atoms with E-state index in [1.54, 1.807) is 13.8 Å². The molecule has 1 aliphatic rings. The Morgan fingerprint density at radius 3 is 2.36 bits per heavy atom. The molecule has 0 aromatic heterocycles. The molecule has 1 fully saturated rings. The third kappa shape index (κ3) is 1.70. The predicted octanol–water partition coefficient (Wildman–Crippen LogP) is -1.14. The molecule has 1 saturated heterocycles. The monoisotopic (exact) mass is 180 g/mol. The van der Waals surface area contributed by atoms with Crippen LogP contribution >= 0.6 is 0 Å². The lowest BCUT2D eigenvalue weighted by molar-refractivity contribution is 0.154. The van der Waals surface area contributed by atoms with Gasteiger partial charge in [0.15, 0.2) is 0 Å². The molecule has 0 saturated carbocycles. The van der Waals surface area contributed by atoms with Crippen LogP contribution in [-0.4, -0.2) is 36.6 Å². The van der Waals surface area contributed by atoms with Crippen molar-refractivity contribution in [3.63, 3.8) is 0 Å². The zero-order chi connectivity index (χ0) is 8.65. The van der Waals surface area contributed by atoms with Crippen molar-refractivity contribution in [2.75, 3.05) is 6.54 Å². The van der Waals surface area contributed by atoms with Crippen LogP contribution in [0.25, 0.3) is 0 Å². The molecule has 6 heteroatoms. The van der Waals surface area contributed by atoms with E-state index in [1.165, 1.54) is 4.31 Å². The minimum Gasteiger partial charge on any atom is -0.376 e. The summed E-state index contributed by atoms with van der Waals surface area (Å²) in [6.07, 6.45) is -0.956. The SMILES string of the molecule is CC(C)N1CC(O)NS1(=O)=O. The fourth-order valence-corrected chi connectivity index (χ4v) is 2.48. The standard InChI is InChI=1S/C5H12N2O3S/c1-4(2)7-3-5(8)6-11(7,9)10/h4-6,8H,3H2,1-2H3. The van der Waals surface area contributed by atoms with E-state index in [1.807, 2.05) is 0 Å². The molecule has 1 rings (SSSR count). The molecule has 0 amide bonds. The summed E-state index contributed by atoms with van der Waals surface area (Å²) in [6.45, 7) is 3.66. The minimum absolute atomic E-state index is 0.107. The van der Waals surface area contributed by atoms with E-state index in [9.17, 15) is 8.42 Å². The highest BCUT2D eigenvalue weighted by Crippen LogP contribution is 2.11. The van der Waals surface area contributed by atoms with Crippen LogP contribution in [0.4, 0.5) is 0 Å². The van der Waals surface area contributed by atoms with Gasteiger partial charge in [0.25, 0.3) is 10.2 Å². The van der Waals surface area contributed by atoms with E-state index in [-0.39, 0.29) is 12.6 Å². The van der Waals surface area contributed by atoms with Crippen molar-refractivity contribution in [2.45, 2.75) is 26.1 Å². The molecular formula is C5H12N2O3S. The first-order valence-electron chi connectivity index (χ1n) is 3.40. The van der Waals surface area contributed by atoms with E-state index in [2.05, 4.69) is 4.72 Å². The average molecular weight is 180 g/mol. The highest BCUT2D eigenvalue weighted by molar-refractivity contribution is 7.87. The Hall–Kier alpha value is -0.170. The molecule has 0 aromatic rings. The summed E-state index contributed by atoms with van der Waals surface area (Å²) in [7, 11) is -3.40. The molecule has 2 N–H and O–H groups in total. The van der Waals surface area contributed by atoms with Crippen LogP contribution in [0.15, 0.2) is 0 Å². The highest BCUT2D eigenvalue weighted by Gasteiger charge is 2.35. The van der Waals surface area contributed by atoms with Gasteiger partial charge >= 0.3 is 0 Å². The van der Waals surface area contributed by atoms with Gasteiger partial charge in [0.2, 0.25) is 0 Å². The average Bonchev–Trinajstić information content (AvgIpc) is 2.04. The van der Waals surface area contributed by atoms with Crippen molar-refractivity contribution in [1.82, 2.24) is 9.03 Å². The molecule has 1 atom stereocenters. The second kappa shape index (κ2) is 2.71. The van der Waals surface area contributed by atoms with Gasteiger partial charge in [-0.3, -0.25) is 0 Å². The van der Waals surface area contributed by atoms with Gasteiger partial charge in [0.05, 0.1) is 6.54 Å². The van der Waals surface area contributed by atoms with Gasteiger partial charge in [-0.15, -0.1) is 0 Å². The molecule has 1 aliphatic heterocycles. The zero-order valence-corrected chi connectivity index (χ0v) is 7.30. The van der Waals surface area contributed by atoms with Gasteiger partial charge in [-0.25, -0.2) is 0 Å². The largest absolute Gasteiger partial charge is 0.376 e. The third-order valence-corrected chi connectivity index (χ3v) is 3.28. The molecule has 1 heterocycles. The topological polar surface area (TPSA) is 69.6 Å². The maximum absolute atomic E-state index is 11.1. The van der Waals surface area contributed by atoms with Crippen molar-refractivity contribution in [1.29, 1.82) is 0 Å². The molecule has 0 bridgehead atoms. The number of hydrogen-bond acceptors (Lipinski definition) is 3. The van der Waals surface area contributed by atoms with Crippen molar-refractivity contribution in [3.8, 4) is 0 Å². The fourth-order valence-electron chi connectivity index (χ4n) is 1.03. The molecule has 0 radical (unpaired) electrons. The number of hydrogen-bond donors (Lipinski definition) is 2. The smallest absolute Gasteiger partial charge is 0.282 e. The minimum atomic E-state index is -3.40. The van der Waals surface area contributed by atoms with Gasteiger partial charge in [-0.05, 0) is 13.8 Å². The molecular weight excluding hydrogens is 168 g/mol. The second-order valence-electron chi connectivity index (χ2n) is 2.80. The molecule has 11 heavy (non-hydrogen) atoms. The van der Waals surface area contributed by atoms with Crippen LogP contribution in [0, 0.1) is 0 Å². The summed E-state index contributed by atoms with van der Waals surface area (Å²) < 4.78 is 25.4. The van der Waals surface area contributed by atoms with E-state index in [0.717, 1.165) is 0 Å². The van der Waals surface area contributed by atoms with Crippen LogP contribution in [0.2, 0.25) is 0 Å². The van der Waals surface area contributed by atoms with Crippen LogP contribution in [0.1, 0.15) is 13.8 Å². The number of aliphatic hydroxyl groups is 1. The number of β-amino-alcohol motifs (C(OH)–C–C–N with tert-alkyl or cyclic N) is 1. The van der Waals surface area contributed by atoms with Crippen molar-refractivity contribution in [2.24, 2.45) is 0 Å². The summed E-state index contributed by atoms with van der Waals surface area (Å²) in [5.41, 5.74) is 0. The van der Waals surface area contributed by atoms with Crippen molar-refractivity contribution >= 4 is 10.2 Å². The first-order valence-corrected chi connectivity index (χ1v) is 4.84. The lowest BCUT2D eigenvalue weighted by Gasteiger charge is -2.16. The Bertz CT molecular complexity index is 236. The Morgan fingerprint density at radius 2 is 2.18 bits per heavy atom. The Labute approximate surface area is 66.2 Å². The van der Waals surface area contributed by atoms with E-state index in [4.69, 9.17) is 5.11 Å². The van der Waals surface area contributed by atoms with Crippen LogP contribution < -0.4 is 4.72 Å². The summed E-state index contributed by atoms with van der Waals surface area (Å²) in [4.78, 5) is 0. The lowest BCUT2D eigenvalue weighted by Crippen LogP contribution is -2.34. The zero-order valence-electron chi connectivity index (χ0n) is 6.48. The number of nitrogens with one attached hydrogen (secondary N) is 1. The van der Waals surface area contributed by atoms with Gasteiger partial charge in [0, 0.05) is 6.04 Å². The normalized spacial score (nSPS) is 31.5. The predicted molar refractivity (Wildman–Crippen MR) is 39.9 cm³/mol. The van der Waals surface area contributed by atoms with E-state index in [0.29, 0.717) is 0 Å². The fraction of sp³-hybridized carbons (Fsp3) is 1.00. The summed E-state index contributed by atoms with van der Waals surface area (Å²) >= 11 is 0. The molecule has 0 aromatic carbocycles. The van der Waals surface area contributed by atoms with Crippen LogP contribution in [0.5, 0.6) is 0 Å². The van der Waals surface area contributed by atoms with Crippen LogP contribution in [0.3, 0.4) is 0 Å². The quantitative estimate of drug-likeness (QED) is 0.536. The van der Waals surface area contributed by atoms with E-state index >= 15 is 0 Å². The number of rotatable bonds is 1. The molecule has 0 aliphatic carbocycles. The van der Waals surface area contributed by atoms with Crippen molar-refractivity contribution in [3.05, 3.63) is 0 Å². The second-order valence-corrected chi connectivity index (χ2v) is 4.46.